The lowest BCUT2D eigenvalue weighted by molar-refractivity contribution is -0.165. The zero-order valence-corrected chi connectivity index (χ0v) is 16.5. The molecule has 4 atom stereocenters. The van der Waals surface area contributed by atoms with E-state index in [9.17, 15) is 14.4 Å². The Balaban J connectivity index is 1.96. The molecule has 0 radical (unpaired) electrons. The second-order valence-corrected chi connectivity index (χ2v) is 10.1. The normalized spacial score (nSPS) is 38.5. The van der Waals surface area contributed by atoms with Crippen molar-refractivity contribution in [1.29, 1.82) is 0 Å². The molecule has 0 aromatic carbocycles. The van der Waals surface area contributed by atoms with Gasteiger partial charge in [-0.3, -0.25) is 19.4 Å². The number of likely N-dealkylation sites (N-methyl/N-ethyl adjacent to an activating group) is 1. The third-order valence-corrected chi connectivity index (χ3v) is 9.44. The molecule has 4 aliphatic rings. The first kappa shape index (κ1) is 17.7. The molecule has 0 unspecified atom stereocenters. The quantitative estimate of drug-likeness (QED) is 0.560. The average molecular weight is 393 g/mol. The van der Waals surface area contributed by atoms with Crippen LogP contribution in [0.4, 0.5) is 0 Å². The molecule has 0 aliphatic carbocycles. The molecule has 9 heteroatoms. The molecule has 4 aliphatic heterocycles. The lowest BCUT2D eigenvalue weighted by Crippen LogP contribution is -2.73. The molecule has 5 heterocycles. The number of nitrogens with zero attached hydrogens (tertiary/aromatic N) is 3. The number of methoxy groups -OCH3 is 1. The van der Waals surface area contributed by atoms with E-state index in [1.165, 1.54) is 33.6 Å². The summed E-state index contributed by atoms with van der Waals surface area (Å²) in [5.41, 5.74) is -0.324. The average Bonchev–Trinajstić information content (AvgIpc) is 2.93. The van der Waals surface area contributed by atoms with Crippen LogP contribution < -0.4 is 0 Å². The Morgan fingerprint density at radius 3 is 2.65 bits per heavy atom. The molecule has 26 heavy (non-hydrogen) atoms. The molecule has 7 nitrogen and oxygen atoms in total. The monoisotopic (exact) mass is 393 g/mol. The van der Waals surface area contributed by atoms with Crippen LogP contribution in [-0.2, 0) is 19.1 Å². The number of hydrogen-bond donors (Lipinski definition) is 0. The molecule has 4 fully saturated rings. The number of carbonyl (C=O) groups is 3. The van der Waals surface area contributed by atoms with Crippen LogP contribution in [0.25, 0.3) is 0 Å². The lowest BCUT2D eigenvalue weighted by atomic mass is 9.78. The summed E-state index contributed by atoms with van der Waals surface area (Å²) in [4.78, 5) is 44.7. The van der Waals surface area contributed by atoms with Crippen molar-refractivity contribution in [3.8, 4) is 0 Å². The van der Waals surface area contributed by atoms with Crippen LogP contribution in [0, 0.1) is 5.41 Å². The Kier molecular flexibility index (Phi) is 3.66. The molecule has 1 spiro atoms. The van der Waals surface area contributed by atoms with Gasteiger partial charge in [-0.15, -0.1) is 0 Å². The second kappa shape index (κ2) is 5.39. The predicted octanol–water partition coefficient (Wildman–Crippen LogP) is 1.81. The fraction of sp³-hybridized carbons (Fsp3) is 0.529. The highest BCUT2D eigenvalue weighted by Gasteiger charge is 2.76. The highest BCUT2D eigenvalue weighted by Crippen LogP contribution is 2.69. The van der Waals surface area contributed by atoms with Gasteiger partial charge >= 0.3 is 5.97 Å². The lowest BCUT2D eigenvalue weighted by Gasteiger charge is -2.57. The molecule has 2 amide bonds. The van der Waals surface area contributed by atoms with Gasteiger partial charge in [-0.05, 0) is 25.5 Å². The van der Waals surface area contributed by atoms with Gasteiger partial charge < -0.3 is 14.5 Å². The van der Waals surface area contributed by atoms with Gasteiger partial charge in [0.1, 0.15) is 0 Å². The van der Waals surface area contributed by atoms with Gasteiger partial charge in [0.25, 0.3) is 11.8 Å². The van der Waals surface area contributed by atoms with Gasteiger partial charge in [0.15, 0.2) is 9.74 Å². The van der Waals surface area contributed by atoms with Gasteiger partial charge in [-0.2, -0.15) is 0 Å². The Morgan fingerprint density at radius 2 is 2.04 bits per heavy atom. The van der Waals surface area contributed by atoms with Crippen molar-refractivity contribution in [3.63, 3.8) is 0 Å². The zero-order chi connectivity index (χ0) is 18.9. The molecule has 5 rings (SSSR count). The van der Waals surface area contributed by atoms with Crippen molar-refractivity contribution in [2.45, 2.75) is 36.1 Å². The minimum atomic E-state index is -1.11. The Hall–Kier alpha value is -1.74. The Morgan fingerprint density at radius 1 is 1.31 bits per heavy atom. The third-order valence-electron chi connectivity index (χ3n) is 5.75. The number of carbonyl (C=O) groups excluding carboxylic acids is 3. The van der Waals surface area contributed by atoms with Crippen LogP contribution in [0.15, 0.2) is 24.5 Å². The molecule has 138 valence electrons. The van der Waals surface area contributed by atoms with E-state index in [0.717, 1.165) is 5.56 Å². The summed E-state index contributed by atoms with van der Waals surface area (Å²) in [6.07, 6.45) is 3.49. The number of aromatic nitrogens is 1. The minimum absolute atomic E-state index is 0.148. The molecule has 0 N–H and O–H groups in total. The summed E-state index contributed by atoms with van der Waals surface area (Å²) in [7, 11) is 5.74. The summed E-state index contributed by atoms with van der Waals surface area (Å²) in [6.45, 7) is 3.52. The highest BCUT2D eigenvalue weighted by atomic mass is 33.1. The second-order valence-electron chi connectivity index (χ2n) is 7.25. The molecular formula is C17H19N3O4S2. The molecule has 4 saturated heterocycles. The molecule has 1 aromatic rings. The van der Waals surface area contributed by atoms with E-state index in [1.807, 2.05) is 6.07 Å². The van der Waals surface area contributed by atoms with Crippen molar-refractivity contribution < 1.29 is 19.1 Å². The standard InChI is InChI=1S/C17H19N3O4S2/c1-15(14(23)24-4)9-17-13(22)19(3)16(2,25-26-17)12(21)20(17)11(15)10-6-5-7-18-8-10/h5-8,11H,9H2,1-4H3/t11-,15-,16-,17-/m0/s1. The number of rotatable bonds is 2. The number of fused-ring (bicyclic) bond motifs is 2. The van der Waals surface area contributed by atoms with Crippen molar-refractivity contribution in [2.75, 3.05) is 14.2 Å². The first-order valence-corrected chi connectivity index (χ1v) is 10.3. The number of pyridine rings is 1. The van der Waals surface area contributed by atoms with E-state index >= 15 is 0 Å². The zero-order valence-electron chi connectivity index (χ0n) is 14.9. The molecule has 0 saturated carbocycles. The molecule has 2 bridgehead atoms. The summed E-state index contributed by atoms with van der Waals surface area (Å²) in [5.74, 6) is -0.743. The Bertz CT molecular complexity index is 821. The van der Waals surface area contributed by atoms with Crippen LogP contribution in [0.2, 0.25) is 0 Å². The van der Waals surface area contributed by atoms with Crippen LogP contribution in [0.5, 0.6) is 0 Å². The van der Waals surface area contributed by atoms with Gasteiger partial charge in [-0.25, -0.2) is 0 Å². The van der Waals surface area contributed by atoms with Gasteiger partial charge in [-0.1, -0.05) is 27.7 Å². The van der Waals surface area contributed by atoms with Crippen LogP contribution in [-0.4, -0.2) is 56.5 Å². The first-order valence-electron chi connectivity index (χ1n) is 8.19. The van der Waals surface area contributed by atoms with Crippen molar-refractivity contribution in [2.24, 2.45) is 5.41 Å². The maximum atomic E-state index is 13.4. The number of esters is 1. The van der Waals surface area contributed by atoms with Gasteiger partial charge in [0.05, 0.1) is 18.6 Å². The van der Waals surface area contributed by atoms with Gasteiger partial charge in [0, 0.05) is 25.9 Å². The summed E-state index contributed by atoms with van der Waals surface area (Å²) in [5, 5.41) is 0. The van der Waals surface area contributed by atoms with E-state index in [0.29, 0.717) is 0 Å². The number of piperazine rings is 1. The minimum Gasteiger partial charge on any atom is -0.469 e. The number of hydrogen-bond acceptors (Lipinski definition) is 7. The van der Waals surface area contributed by atoms with E-state index < -0.39 is 27.2 Å². The molecular weight excluding hydrogens is 374 g/mol. The van der Waals surface area contributed by atoms with Crippen molar-refractivity contribution in [1.82, 2.24) is 14.8 Å². The Labute approximate surface area is 159 Å². The largest absolute Gasteiger partial charge is 0.469 e. The first-order chi connectivity index (χ1) is 12.2. The summed E-state index contributed by atoms with van der Waals surface area (Å²) >= 11 is 0. The topological polar surface area (TPSA) is 79.8 Å². The van der Waals surface area contributed by atoms with Crippen LogP contribution >= 0.6 is 21.6 Å². The van der Waals surface area contributed by atoms with E-state index in [4.69, 9.17) is 4.74 Å². The molecule has 1 aromatic heterocycles. The van der Waals surface area contributed by atoms with Crippen LogP contribution in [0.1, 0.15) is 31.9 Å². The fourth-order valence-corrected chi connectivity index (χ4v) is 7.86. The van der Waals surface area contributed by atoms with Gasteiger partial charge in [0.2, 0.25) is 0 Å². The summed E-state index contributed by atoms with van der Waals surface area (Å²) in [6, 6.07) is 2.99. The maximum Gasteiger partial charge on any atom is 0.314 e. The van der Waals surface area contributed by atoms with E-state index in [-0.39, 0.29) is 18.2 Å². The number of amides is 2. The highest BCUT2D eigenvalue weighted by molar-refractivity contribution is 8.78. The van der Waals surface area contributed by atoms with Crippen molar-refractivity contribution in [3.05, 3.63) is 30.1 Å². The van der Waals surface area contributed by atoms with E-state index in [1.54, 1.807) is 44.3 Å². The predicted molar refractivity (Wildman–Crippen MR) is 97.7 cm³/mol. The summed E-state index contributed by atoms with van der Waals surface area (Å²) < 4.78 is 5.08. The SMILES string of the molecule is COC(=O)[C@@]1(C)C[C@@]23SS[C@@](C)(C(=O)N2[C@H]1c1cccnc1)N(C)C3=O. The fourth-order valence-electron chi connectivity index (χ4n) is 4.27. The van der Waals surface area contributed by atoms with Crippen molar-refractivity contribution >= 4 is 39.4 Å². The third kappa shape index (κ3) is 1.87. The smallest absolute Gasteiger partial charge is 0.314 e. The van der Waals surface area contributed by atoms with E-state index in [2.05, 4.69) is 4.98 Å². The number of ether oxygens (including phenoxy) is 1. The van der Waals surface area contributed by atoms with Crippen LogP contribution in [0.3, 0.4) is 0 Å². The maximum absolute atomic E-state index is 13.4.